The van der Waals surface area contributed by atoms with E-state index in [2.05, 4.69) is 25.1 Å². The number of pyridine rings is 1. The second-order valence-corrected chi connectivity index (χ2v) is 3.46. The second-order valence-electron chi connectivity index (χ2n) is 3.46. The van der Waals surface area contributed by atoms with E-state index in [1.807, 2.05) is 0 Å². The van der Waals surface area contributed by atoms with Gasteiger partial charge in [-0.15, -0.1) is 0 Å². The molecule has 3 heterocycles. The Bertz CT molecular complexity index is 778. The van der Waals surface area contributed by atoms with Crippen LogP contribution in [-0.4, -0.2) is 25.1 Å². The van der Waals surface area contributed by atoms with Gasteiger partial charge >= 0.3 is 0 Å². The van der Waals surface area contributed by atoms with E-state index in [9.17, 15) is 9.59 Å². The van der Waals surface area contributed by atoms with Crippen molar-refractivity contribution in [1.29, 1.82) is 0 Å². The van der Waals surface area contributed by atoms with E-state index < -0.39 is 0 Å². The van der Waals surface area contributed by atoms with Gasteiger partial charge in [-0.25, -0.2) is 10.1 Å². The van der Waals surface area contributed by atoms with Crippen molar-refractivity contribution in [2.75, 3.05) is 0 Å². The number of fused-ring (bicyclic) bond motifs is 1. The van der Waals surface area contributed by atoms with Gasteiger partial charge in [-0.05, 0) is 12.1 Å². The summed E-state index contributed by atoms with van der Waals surface area (Å²) in [5.74, 6) is 0.438. The van der Waals surface area contributed by atoms with E-state index in [4.69, 9.17) is 0 Å². The fourth-order valence-electron chi connectivity index (χ4n) is 1.55. The molecule has 7 heteroatoms. The molecule has 0 atom stereocenters. The smallest absolute Gasteiger partial charge is 0.276 e. The van der Waals surface area contributed by atoms with Gasteiger partial charge in [0.05, 0.1) is 5.52 Å². The fraction of sp³-hybridized carbons (Fsp3) is 0. The van der Waals surface area contributed by atoms with E-state index in [1.54, 1.807) is 6.07 Å². The molecule has 3 N–H and O–H groups in total. The largest absolute Gasteiger partial charge is 0.336 e. The first-order valence-electron chi connectivity index (χ1n) is 4.87. The van der Waals surface area contributed by atoms with Crippen LogP contribution in [0.1, 0.15) is 0 Å². The average molecular weight is 229 g/mol. The van der Waals surface area contributed by atoms with Crippen LogP contribution < -0.4 is 11.1 Å². The SMILES string of the molecule is O=c1ccc(-c2nc3c(=O)[nH]ccc3[nH]2)n[nH]1. The van der Waals surface area contributed by atoms with Gasteiger partial charge in [0.1, 0.15) is 5.69 Å². The number of nitrogens with one attached hydrogen (secondary N) is 3. The summed E-state index contributed by atoms with van der Waals surface area (Å²) in [6, 6.07) is 4.59. The van der Waals surface area contributed by atoms with Crippen molar-refractivity contribution >= 4 is 11.0 Å². The number of rotatable bonds is 1. The van der Waals surface area contributed by atoms with Crippen LogP contribution in [0.2, 0.25) is 0 Å². The summed E-state index contributed by atoms with van der Waals surface area (Å²) < 4.78 is 0. The zero-order chi connectivity index (χ0) is 11.8. The lowest BCUT2D eigenvalue weighted by atomic mass is 10.4. The number of nitrogens with zero attached hydrogens (tertiary/aromatic N) is 2. The number of imidazole rings is 1. The van der Waals surface area contributed by atoms with Crippen molar-refractivity contribution in [2.24, 2.45) is 0 Å². The standard InChI is InChI=1S/C10H7N5O2/c16-7-2-1-6(14-15-7)9-12-5-3-4-11-10(17)8(5)13-9/h1-4H,(H,11,17)(H,12,13)(H,15,16). The van der Waals surface area contributed by atoms with Crippen LogP contribution >= 0.6 is 0 Å². The zero-order valence-electron chi connectivity index (χ0n) is 8.52. The van der Waals surface area contributed by atoms with Gasteiger partial charge in [-0.1, -0.05) is 0 Å². The van der Waals surface area contributed by atoms with E-state index in [1.165, 1.54) is 18.3 Å². The summed E-state index contributed by atoms with van der Waals surface area (Å²) in [6.45, 7) is 0. The van der Waals surface area contributed by atoms with Crippen LogP contribution in [0.25, 0.3) is 22.6 Å². The molecule has 0 aromatic carbocycles. The lowest BCUT2D eigenvalue weighted by molar-refractivity contribution is 0.985. The predicted octanol–water partition coefficient (Wildman–Crippen LogP) is 0.00150. The van der Waals surface area contributed by atoms with Gasteiger partial charge < -0.3 is 9.97 Å². The molecule has 0 bridgehead atoms. The van der Waals surface area contributed by atoms with Crippen molar-refractivity contribution < 1.29 is 0 Å². The number of aromatic amines is 3. The van der Waals surface area contributed by atoms with Crippen molar-refractivity contribution in [1.82, 2.24) is 25.1 Å². The van der Waals surface area contributed by atoms with Crippen LogP contribution in [0, 0.1) is 0 Å². The average Bonchev–Trinajstić information content (AvgIpc) is 2.75. The molecule has 0 unspecified atom stereocenters. The lowest BCUT2D eigenvalue weighted by Gasteiger charge is -1.91. The minimum absolute atomic E-state index is 0.269. The molecule has 17 heavy (non-hydrogen) atoms. The Morgan fingerprint density at radius 3 is 2.71 bits per heavy atom. The molecule has 0 aliphatic heterocycles. The van der Waals surface area contributed by atoms with Crippen molar-refractivity contribution in [3.63, 3.8) is 0 Å². The van der Waals surface area contributed by atoms with Gasteiger partial charge in [0.2, 0.25) is 0 Å². The quantitative estimate of drug-likeness (QED) is 0.545. The number of H-pyrrole nitrogens is 3. The summed E-state index contributed by atoms with van der Waals surface area (Å²) in [5, 5.41) is 6.14. The normalized spacial score (nSPS) is 10.8. The van der Waals surface area contributed by atoms with Crippen LogP contribution in [0.4, 0.5) is 0 Å². The first-order valence-corrected chi connectivity index (χ1v) is 4.87. The van der Waals surface area contributed by atoms with Crippen molar-refractivity contribution in [3.05, 3.63) is 45.1 Å². The third-order valence-corrected chi connectivity index (χ3v) is 2.33. The summed E-state index contributed by atoms with van der Waals surface area (Å²) in [4.78, 5) is 32.0. The molecular weight excluding hydrogens is 222 g/mol. The highest BCUT2D eigenvalue weighted by atomic mass is 16.1. The summed E-state index contributed by atoms with van der Waals surface area (Å²) in [6.07, 6.45) is 1.53. The highest BCUT2D eigenvalue weighted by Gasteiger charge is 2.08. The van der Waals surface area contributed by atoms with Crippen LogP contribution in [-0.2, 0) is 0 Å². The maximum absolute atomic E-state index is 11.5. The molecule has 0 aliphatic carbocycles. The molecule has 84 valence electrons. The van der Waals surface area contributed by atoms with E-state index >= 15 is 0 Å². The topological polar surface area (TPSA) is 107 Å². The first-order chi connectivity index (χ1) is 8.24. The molecule has 0 amide bonds. The highest BCUT2D eigenvalue weighted by Crippen LogP contribution is 2.14. The Hall–Kier alpha value is -2.70. The number of hydrogen-bond acceptors (Lipinski definition) is 4. The summed E-state index contributed by atoms with van der Waals surface area (Å²) >= 11 is 0. The molecule has 0 radical (unpaired) electrons. The predicted molar refractivity (Wildman–Crippen MR) is 60.6 cm³/mol. The minimum Gasteiger partial charge on any atom is -0.336 e. The van der Waals surface area contributed by atoms with Crippen molar-refractivity contribution in [2.45, 2.75) is 0 Å². The maximum Gasteiger partial charge on any atom is 0.276 e. The van der Waals surface area contributed by atoms with Crippen LogP contribution in [0.15, 0.2) is 34.0 Å². The second kappa shape index (κ2) is 3.41. The molecule has 3 aromatic rings. The van der Waals surface area contributed by atoms with Crippen LogP contribution in [0.5, 0.6) is 0 Å². The minimum atomic E-state index is -0.289. The Labute approximate surface area is 93.5 Å². The monoisotopic (exact) mass is 229 g/mol. The number of aromatic nitrogens is 5. The first kappa shape index (κ1) is 9.52. The number of hydrogen-bond donors (Lipinski definition) is 3. The lowest BCUT2D eigenvalue weighted by Crippen LogP contribution is -2.06. The van der Waals surface area contributed by atoms with E-state index in [-0.39, 0.29) is 11.1 Å². The van der Waals surface area contributed by atoms with Crippen molar-refractivity contribution in [3.8, 4) is 11.5 Å². The molecule has 0 spiro atoms. The maximum atomic E-state index is 11.5. The van der Waals surface area contributed by atoms with Gasteiger partial charge in [0.25, 0.3) is 11.1 Å². The Kier molecular flexibility index (Phi) is 1.91. The molecular formula is C10H7N5O2. The van der Waals surface area contributed by atoms with Gasteiger partial charge in [-0.3, -0.25) is 9.59 Å². The van der Waals surface area contributed by atoms with Gasteiger partial charge in [-0.2, -0.15) is 5.10 Å². The molecule has 0 saturated carbocycles. The highest BCUT2D eigenvalue weighted by molar-refractivity contribution is 5.77. The molecule has 3 aromatic heterocycles. The van der Waals surface area contributed by atoms with Crippen LogP contribution in [0.3, 0.4) is 0 Å². The molecule has 0 fully saturated rings. The third kappa shape index (κ3) is 1.53. The molecule has 3 rings (SSSR count). The summed E-state index contributed by atoms with van der Waals surface area (Å²) in [5.41, 5.74) is 0.851. The zero-order valence-corrected chi connectivity index (χ0v) is 8.52. The summed E-state index contributed by atoms with van der Waals surface area (Å²) in [7, 11) is 0. The Morgan fingerprint density at radius 1 is 1.12 bits per heavy atom. The van der Waals surface area contributed by atoms with Gasteiger partial charge in [0.15, 0.2) is 11.3 Å². The molecule has 7 nitrogen and oxygen atoms in total. The Morgan fingerprint density at radius 2 is 2.00 bits per heavy atom. The molecule has 0 saturated heterocycles. The van der Waals surface area contributed by atoms with Gasteiger partial charge in [0, 0.05) is 12.3 Å². The third-order valence-electron chi connectivity index (χ3n) is 2.33. The van der Waals surface area contributed by atoms with E-state index in [0.717, 1.165) is 0 Å². The molecule has 0 aliphatic rings. The fourth-order valence-corrected chi connectivity index (χ4v) is 1.55. The Balaban J connectivity index is 2.25. The van der Waals surface area contributed by atoms with E-state index in [0.29, 0.717) is 22.6 Å².